The maximum Gasteiger partial charge on any atom is 0.445 e. The quantitative estimate of drug-likeness (QED) is 0.871. The molecule has 86 valence electrons. The minimum absolute atomic E-state index is 0.127. The van der Waals surface area contributed by atoms with Crippen molar-refractivity contribution in [3.05, 3.63) is 23.0 Å². The second-order valence-corrected chi connectivity index (χ2v) is 3.82. The fourth-order valence-electron chi connectivity index (χ4n) is 0.963. The standard InChI is InChI=1S/C7H6F3N5S/c8-7(9,10)5-14-15-6(16-5)11-3-4-1-2-12-13-4/h1-2H,3H2,(H,11,15)(H,12,13). The molecule has 5 nitrogen and oxygen atoms in total. The van der Waals surface area contributed by atoms with Crippen LogP contribution < -0.4 is 5.32 Å². The van der Waals surface area contributed by atoms with Crippen molar-refractivity contribution in [3.63, 3.8) is 0 Å². The fraction of sp³-hybridized carbons (Fsp3) is 0.286. The lowest BCUT2D eigenvalue weighted by Gasteiger charge is -1.99. The Morgan fingerprint density at radius 1 is 1.38 bits per heavy atom. The Morgan fingerprint density at radius 3 is 2.75 bits per heavy atom. The van der Waals surface area contributed by atoms with E-state index in [0.717, 1.165) is 5.69 Å². The molecular weight excluding hydrogens is 243 g/mol. The average molecular weight is 249 g/mol. The third-order valence-electron chi connectivity index (χ3n) is 1.66. The molecule has 2 aromatic rings. The van der Waals surface area contributed by atoms with Crippen LogP contribution in [0.5, 0.6) is 0 Å². The van der Waals surface area contributed by atoms with E-state index in [0.29, 0.717) is 17.9 Å². The molecule has 0 radical (unpaired) electrons. The zero-order valence-corrected chi connectivity index (χ0v) is 8.56. The van der Waals surface area contributed by atoms with E-state index >= 15 is 0 Å². The maximum atomic E-state index is 12.2. The molecular formula is C7H6F3N5S. The summed E-state index contributed by atoms with van der Waals surface area (Å²) in [5.74, 6) is 0. The largest absolute Gasteiger partial charge is 0.445 e. The predicted molar refractivity (Wildman–Crippen MR) is 50.8 cm³/mol. The zero-order valence-electron chi connectivity index (χ0n) is 7.75. The molecule has 0 atom stereocenters. The number of nitrogens with one attached hydrogen (secondary N) is 2. The number of anilines is 1. The third kappa shape index (κ3) is 2.48. The summed E-state index contributed by atoms with van der Waals surface area (Å²) < 4.78 is 36.5. The van der Waals surface area contributed by atoms with Crippen LogP contribution in [0.3, 0.4) is 0 Å². The summed E-state index contributed by atoms with van der Waals surface area (Å²) in [4.78, 5) is 0. The first-order valence-electron chi connectivity index (χ1n) is 4.18. The summed E-state index contributed by atoms with van der Waals surface area (Å²) in [6.45, 7) is 0.326. The molecule has 0 bridgehead atoms. The van der Waals surface area contributed by atoms with Gasteiger partial charge in [0.15, 0.2) is 0 Å². The monoisotopic (exact) mass is 249 g/mol. The molecule has 0 aliphatic rings. The topological polar surface area (TPSA) is 66.5 Å². The first-order valence-corrected chi connectivity index (χ1v) is 5.00. The summed E-state index contributed by atoms with van der Waals surface area (Å²) >= 11 is 0.469. The number of hydrogen-bond donors (Lipinski definition) is 2. The summed E-state index contributed by atoms with van der Waals surface area (Å²) in [6.07, 6.45) is -2.89. The van der Waals surface area contributed by atoms with E-state index in [4.69, 9.17) is 0 Å². The van der Waals surface area contributed by atoms with Crippen molar-refractivity contribution in [2.24, 2.45) is 0 Å². The Morgan fingerprint density at radius 2 is 2.19 bits per heavy atom. The van der Waals surface area contributed by atoms with Gasteiger partial charge in [0.05, 0.1) is 12.2 Å². The van der Waals surface area contributed by atoms with Crippen LogP contribution in [0.1, 0.15) is 10.7 Å². The van der Waals surface area contributed by atoms with Crippen LogP contribution in [0.25, 0.3) is 0 Å². The maximum absolute atomic E-state index is 12.2. The average Bonchev–Trinajstić information content (AvgIpc) is 2.85. The zero-order chi connectivity index (χ0) is 11.6. The molecule has 0 spiro atoms. The predicted octanol–water partition coefficient (Wildman–Crippen LogP) is 1.89. The van der Waals surface area contributed by atoms with Crippen molar-refractivity contribution in [3.8, 4) is 0 Å². The van der Waals surface area contributed by atoms with Crippen LogP contribution in [0.15, 0.2) is 12.3 Å². The molecule has 2 aromatic heterocycles. The number of halogens is 3. The molecule has 0 saturated carbocycles. The highest BCUT2D eigenvalue weighted by Gasteiger charge is 2.35. The van der Waals surface area contributed by atoms with Crippen molar-refractivity contribution in [2.75, 3.05) is 5.32 Å². The SMILES string of the molecule is FC(F)(F)c1nnc(NCc2ccn[nH]2)s1. The molecule has 2 N–H and O–H groups in total. The fourth-order valence-corrected chi connectivity index (χ4v) is 1.57. The van der Waals surface area contributed by atoms with Gasteiger partial charge >= 0.3 is 6.18 Å². The Labute approximate surface area is 91.7 Å². The van der Waals surface area contributed by atoms with Gasteiger partial charge in [0.25, 0.3) is 0 Å². The number of aromatic nitrogens is 4. The molecule has 0 aliphatic carbocycles. The molecule has 16 heavy (non-hydrogen) atoms. The second kappa shape index (κ2) is 4.08. The van der Waals surface area contributed by atoms with E-state index in [1.54, 1.807) is 12.3 Å². The van der Waals surface area contributed by atoms with E-state index in [1.165, 1.54) is 0 Å². The summed E-state index contributed by atoms with van der Waals surface area (Å²) in [6, 6.07) is 1.71. The minimum Gasteiger partial charge on any atom is -0.354 e. The molecule has 0 aromatic carbocycles. The highest BCUT2D eigenvalue weighted by Crippen LogP contribution is 2.32. The van der Waals surface area contributed by atoms with Crippen molar-refractivity contribution < 1.29 is 13.2 Å². The van der Waals surface area contributed by atoms with E-state index in [9.17, 15) is 13.2 Å². The van der Waals surface area contributed by atoms with Crippen LogP contribution in [0, 0.1) is 0 Å². The number of aromatic amines is 1. The first-order chi connectivity index (χ1) is 7.55. The Bertz CT molecular complexity index is 449. The molecule has 0 amide bonds. The van der Waals surface area contributed by atoms with Gasteiger partial charge in [-0.25, -0.2) is 0 Å². The van der Waals surface area contributed by atoms with Gasteiger partial charge in [-0.3, -0.25) is 5.10 Å². The van der Waals surface area contributed by atoms with Gasteiger partial charge in [-0.1, -0.05) is 11.3 Å². The van der Waals surface area contributed by atoms with Gasteiger partial charge in [0.1, 0.15) is 0 Å². The van der Waals surface area contributed by atoms with Gasteiger partial charge in [-0.15, -0.1) is 10.2 Å². The number of alkyl halides is 3. The molecule has 2 rings (SSSR count). The molecule has 0 saturated heterocycles. The molecule has 0 unspecified atom stereocenters. The van der Waals surface area contributed by atoms with Crippen LogP contribution in [-0.4, -0.2) is 20.4 Å². The van der Waals surface area contributed by atoms with Crippen LogP contribution >= 0.6 is 11.3 Å². The number of H-pyrrole nitrogens is 1. The van der Waals surface area contributed by atoms with Gasteiger partial charge in [-0.2, -0.15) is 18.3 Å². The lowest BCUT2D eigenvalue weighted by atomic mass is 10.4. The van der Waals surface area contributed by atoms with E-state index < -0.39 is 11.2 Å². The second-order valence-electron chi connectivity index (χ2n) is 2.85. The minimum atomic E-state index is -4.44. The first kappa shape index (κ1) is 10.9. The number of nitrogens with zero attached hydrogens (tertiary/aromatic N) is 3. The third-order valence-corrected chi connectivity index (χ3v) is 2.58. The molecule has 0 aliphatic heterocycles. The van der Waals surface area contributed by atoms with Gasteiger partial charge in [-0.05, 0) is 6.07 Å². The lowest BCUT2D eigenvalue weighted by molar-refractivity contribution is -0.138. The smallest absolute Gasteiger partial charge is 0.354 e. The van der Waals surface area contributed by atoms with Crippen molar-refractivity contribution >= 4 is 16.5 Å². The van der Waals surface area contributed by atoms with E-state index in [2.05, 4.69) is 25.7 Å². The van der Waals surface area contributed by atoms with Crippen molar-refractivity contribution in [1.82, 2.24) is 20.4 Å². The number of rotatable bonds is 3. The lowest BCUT2D eigenvalue weighted by Crippen LogP contribution is -2.03. The Kier molecular flexibility index (Phi) is 2.77. The normalized spacial score (nSPS) is 11.7. The van der Waals surface area contributed by atoms with Gasteiger partial charge in [0.2, 0.25) is 10.1 Å². The Hall–Kier alpha value is -1.64. The molecule has 2 heterocycles. The summed E-state index contributed by atoms with van der Waals surface area (Å²) in [5, 5.41) is 14.7. The highest BCUT2D eigenvalue weighted by atomic mass is 32.1. The summed E-state index contributed by atoms with van der Waals surface area (Å²) in [5.41, 5.74) is 0.753. The van der Waals surface area contributed by atoms with E-state index in [1.807, 2.05) is 0 Å². The van der Waals surface area contributed by atoms with Crippen molar-refractivity contribution in [1.29, 1.82) is 0 Å². The van der Waals surface area contributed by atoms with Gasteiger partial charge < -0.3 is 5.32 Å². The van der Waals surface area contributed by atoms with Crippen LogP contribution in [0.2, 0.25) is 0 Å². The van der Waals surface area contributed by atoms with Crippen LogP contribution in [0.4, 0.5) is 18.3 Å². The Balaban J connectivity index is 1.98. The van der Waals surface area contributed by atoms with E-state index in [-0.39, 0.29) is 5.13 Å². The van der Waals surface area contributed by atoms with Crippen molar-refractivity contribution in [2.45, 2.75) is 12.7 Å². The number of hydrogen-bond acceptors (Lipinski definition) is 5. The molecule has 0 fully saturated rings. The summed E-state index contributed by atoms with van der Waals surface area (Å²) in [7, 11) is 0. The molecule has 9 heteroatoms. The van der Waals surface area contributed by atoms with Gasteiger partial charge in [0, 0.05) is 6.20 Å². The highest BCUT2D eigenvalue weighted by molar-refractivity contribution is 7.15. The van der Waals surface area contributed by atoms with Crippen LogP contribution in [-0.2, 0) is 12.7 Å².